The Morgan fingerprint density at radius 1 is 1.33 bits per heavy atom. The van der Waals surface area contributed by atoms with Crippen LogP contribution in [0.3, 0.4) is 0 Å². The Kier molecular flexibility index (Phi) is 6.17. The van der Waals surface area contributed by atoms with Crippen molar-refractivity contribution >= 4 is 5.91 Å². The summed E-state index contributed by atoms with van der Waals surface area (Å²) < 4.78 is 5.37. The third-order valence-electron chi connectivity index (χ3n) is 3.85. The van der Waals surface area contributed by atoms with Crippen molar-refractivity contribution in [2.24, 2.45) is 5.73 Å². The van der Waals surface area contributed by atoms with Crippen LogP contribution in [0, 0.1) is 0 Å². The summed E-state index contributed by atoms with van der Waals surface area (Å²) in [4.78, 5) is 14.2. The van der Waals surface area contributed by atoms with Crippen LogP contribution in [0.2, 0.25) is 0 Å². The molecular weight excluding hydrogens is 266 g/mol. The van der Waals surface area contributed by atoms with Crippen molar-refractivity contribution in [3.63, 3.8) is 0 Å². The van der Waals surface area contributed by atoms with Gasteiger partial charge in [0, 0.05) is 26.2 Å². The van der Waals surface area contributed by atoms with E-state index in [4.69, 9.17) is 10.5 Å². The first kappa shape index (κ1) is 15.9. The zero-order valence-corrected chi connectivity index (χ0v) is 12.7. The zero-order chi connectivity index (χ0) is 15.1. The topological polar surface area (TPSA) is 67.6 Å². The van der Waals surface area contributed by atoms with Gasteiger partial charge in [-0.1, -0.05) is 31.2 Å². The minimum absolute atomic E-state index is 0.0846. The molecule has 1 fully saturated rings. The molecule has 0 aromatic heterocycles. The largest absolute Gasteiger partial charge is 0.379 e. The highest BCUT2D eigenvalue weighted by Gasteiger charge is 2.14. The monoisotopic (exact) mass is 291 g/mol. The molecule has 3 N–H and O–H groups in total. The van der Waals surface area contributed by atoms with E-state index >= 15 is 0 Å². The van der Waals surface area contributed by atoms with Crippen LogP contribution in [-0.4, -0.2) is 43.2 Å². The lowest BCUT2D eigenvalue weighted by Gasteiger charge is -2.27. The number of nitrogens with one attached hydrogen (secondary N) is 1. The Hall–Kier alpha value is -1.43. The Morgan fingerprint density at radius 2 is 2.00 bits per heavy atom. The highest BCUT2D eigenvalue weighted by atomic mass is 16.5. The summed E-state index contributed by atoms with van der Waals surface area (Å²) in [7, 11) is 0. The Labute approximate surface area is 126 Å². The number of hydrogen-bond donors (Lipinski definition) is 2. The van der Waals surface area contributed by atoms with Gasteiger partial charge in [0.05, 0.1) is 19.3 Å². The molecule has 1 aliphatic heterocycles. The highest BCUT2D eigenvalue weighted by Crippen LogP contribution is 2.13. The minimum Gasteiger partial charge on any atom is -0.379 e. The summed E-state index contributed by atoms with van der Waals surface area (Å²) >= 11 is 0. The van der Waals surface area contributed by atoms with E-state index in [1.54, 1.807) is 0 Å². The van der Waals surface area contributed by atoms with E-state index in [2.05, 4.69) is 22.3 Å². The molecule has 116 valence electrons. The number of rotatable bonds is 6. The number of benzene rings is 1. The van der Waals surface area contributed by atoms with Crippen LogP contribution in [0.1, 0.15) is 24.5 Å². The van der Waals surface area contributed by atoms with Crippen molar-refractivity contribution in [3.05, 3.63) is 35.4 Å². The lowest BCUT2D eigenvalue weighted by molar-refractivity contribution is -0.122. The molecule has 1 aromatic carbocycles. The molecule has 0 aliphatic carbocycles. The molecule has 21 heavy (non-hydrogen) atoms. The predicted octanol–water partition coefficient (Wildman–Crippen LogP) is 0.872. The molecule has 1 unspecified atom stereocenters. The maximum Gasteiger partial charge on any atom is 0.237 e. The number of carbonyl (C=O) groups excluding carboxylic acids is 1. The van der Waals surface area contributed by atoms with Gasteiger partial charge < -0.3 is 15.8 Å². The fourth-order valence-electron chi connectivity index (χ4n) is 2.38. The molecule has 0 saturated carbocycles. The fourth-order valence-corrected chi connectivity index (χ4v) is 2.38. The molecule has 0 radical (unpaired) electrons. The van der Waals surface area contributed by atoms with E-state index in [0.717, 1.165) is 38.4 Å². The van der Waals surface area contributed by atoms with Crippen molar-refractivity contribution < 1.29 is 9.53 Å². The van der Waals surface area contributed by atoms with Crippen molar-refractivity contribution in [3.8, 4) is 0 Å². The summed E-state index contributed by atoms with van der Waals surface area (Å²) in [6.07, 6.45) is 0.654. The van der Waals surface area contributed by atoms with Gasteiger partial charge in [0.25, 0.3) is 0 Å². The molecule has 1 saturated heterocycles. The van der Waals surface area contributed by atoms with Gasteiger partial charge in [-0.05, 0) is 17.5 Å². The first-order valence-corrected chi connectivity index (χ1v) is 7.61. The standard InChI is InChI=1S/C16H25N3O2/c1-2-15(17)16(20)18-11-13-5-3-4-6-14(13)12-19-7-9-21-10-8-19/h3-6,15H,2,7-12,17H2,1H3,(H,18,20). The van der Waals surface area contributed by atoms with Crippen LogP contribution in [0.4, 0.5) is 0 Å². The first-order valence-electron chi connectivity index (χ1n) is 7.61. The van der Waals surface area contributed by atoms with Gasteiger partial charge in [-0.2, -0.15) is 0 Å². The Balaban J connectivity index is 1.94. The summed E-state index contributed by atoms with van der Waals surface area (Å²) in [6.45, 7) is 6.86. The van der Waals surface area contributed by atoms with E-state index in [-0.39, 0.29) is 5.91 Å². The SMILES string of the molecule is CCC(N)C(=O)NCc1ccccc1CN1CCOCC1. The molecule has 5 nitrogen and oxygen atoms in total. The second-order valence-corrected chi connectivity index (χ2v) is 5.39. The normalized spacial score (nSPS) is 17.4. The molecular formula is C16H25N3O2. The van der Waals surface area contributed by atoms with Crippen LogP contribution in [0.5, 0.6) is 0 Å². The van der Waals surface area contributed by atoms with Crippen molar-refractivity contribution in [1.29, 1.82) is 0 Å². The van der Waals surface area contributed by atoms with Crippen LogP contribution in [0.15, 0.2) is 24.3 Å². The van der Waals surface area contributed by atoms with Crippen LogP contribution in [0.25, 0.3) is 0 Å². The number of nitrogens with zero attached hydrogens (tertiary/aromatic N) is 1. The third-order valence-corrected chi connectivity index (χ3v) is 3.85. The number of carbonyl (C=O) groups is 1. The van der Waals surface area contributed by atoms with Crippen LogP contribution >= 0.6 is 0 Å². The van der Waals surface area contributed by atoms with Gasteiger partial charge >= 0.3 is 0 Å². The van der Waals surface area contributed by atoms with Gasteiger partial charge in [0.2, 0.25) is 5.91 Å². The molecule has 1 amide bonds. The summed E-state index contributed by atoms with van der Waals surface area (Å²) in [5.74, 6) is -0.0846. The van der Waals surface area contributed by atoms with E-state index in [1.807, 2.05) is 19.1 Å². The van der Waals surface area contributed by atoms with Gasteiger partial charge in [-0.15, -0.1) is 0 Å². The van der Waals surface area contributed by atoms with E-state index in [9.17, 15) is 4.79 Å². The number of hydrogen-bond acceptors (Lipinski definition) is 4. The zero-order valence-electron chi connectivity index (χ0n) is 12.7. The fraction of sp³-hybridized carbons (Fsp3) is 0.562. The molecule has 1 heterocycles. The van der Waals surface area contributed by atoms with Gasteiger partial charge in [0.15, 0.2) is 0 Å². The van der Waals surface area contributed by atoms with E-state index in [1.165, 1.54) is 5.56 Å². The predicted molar refractivity (Wildman–Crippen MR) is 82.7 cm³/mol. The van der Waals surface area contributed by atoms with Crippen LogP contribution in [-0.2, 0) is 22.6 Å². The molecule has 1 aromatic rings. The highest BCUT2D eigenvalue weighted by molar-refractivity contribution is 5.81. The quantitative estimate of drug-likeness (QED) is 0.816. The first-order chi connectivity index (χ1) is 10.2. The Morgan fingerprint density at radius 3 is 2.67 bits per heavy atom. The molecule has 1 aliphatic rings. The average molecular weight is 291 g/mol. The summed E-state index contributed by atoms with van der Waals surface area (Å²) in [5, 5.41) is 2.92. The van der Waals surface area contributed by atoms with Gasteiger partial charge in [0.1, 0.15) is 0 Å². The molecule has 0 bridgehead atoms. The second kappa shape index (κ2) is 8.12. The van der Waals surface area contributed by atoms with Gasteiger partial charge in [-0.25, -0.2) is 0 Å². The van der Waals surface area contributed by atoms with Crippen molar-refractivity contribution in [2.75, 3.05) is 26.3 Å². The number of morpholine rings is 1. The Bertz CT molecular complexity index is 459. The smallest absolute Gasteiger partial charge is 0.237 e. The second-order valence-electron chi connectivity index (χ2n) is 5.39. The maximum absolute atomic E-state index is 11.8. The molecule has 2 rings (SSSR count). The summed E-state index contributed by atoms with van der Waals surface area (Å²) in [6, 6.07) is 7.81. The lowest BCUT2D eigenvalue weighted by Crippen LogP contribution is -2.40. The average Bonchev–Trinajstić information content (AvgIpc) is 2.54. The lowest BCUT2D eigenvalue weighted by atomic mass is 10.1. The van der Waals surface area contributed by atoms with E-state index in [0.29, 0.717) is 13.0 Å². The molecule has 1 atom stereocenters. The van der Waals surface area contributed by atoms with Crippen molar-refractivity contribution in [2.45, 2.75) is 32.5 Å². The number of ether oxygens (including phenoxy) is 1. The maximum atomic E-state index is 11.8. The van der Waals surface area contributed by atoms with Gasteiger partial charge in [-0.3, -0.25) is 9.69 Å². The molecule has 0 spiro atoms. The third kappa shape index (κ3) is 4.81. The van der Waals surface area contributed by atoms with E-state index < -0.39 is 6.04 Å². The van der Waals surface area contributed by atoms with Crippen molar-refractivity contribution in [1.82, 2.24) is 10.2 Å². The molecule has 5 heteroatoms. The summed E-state index contributed by atoms with van der Waals surface area (Å²) in [5.41, 5.74) is 8.14. The number of nitrogens with two attached hydrogens (primary N) is 1. The number of amides is 1. The minimum atomic E-state index is -0.420. The van der Waals surface area contributed by atoms with Crippen LogP contribution < -0.4 is 11.1 Å².